The molecule has 0 atom stereocenters. The molecule has 0 fully saturated rings. The summed E-state index contributed by atoms with van der Waals surface area (Å²) < 4.78 is 1.93. The van der Waals surface area contributed by atoms with E-state index in [0.29, 0.717) is 18.1 Å². The number of imidazole rings is 2. The van der Waals surface area contributed by atoms with Crippen molar-refractivity contribution in [2.24, 2.45) is 17.9 Å². The number of fused-ring (bicyclic) bond motifs is 1. The summed E-state index contributed by atoms with van der Waals surface area (Å²) in [6, 6.07) is 5.42. The fourth-order valence-corrected chi connectivity index (χ4v) is 2.11. The van der Waals surface area contributed by atoms with Gasteiger partial charge in [-0.15, -0.1) is 0 Å². The number of nitrogens with two attached hydrogens (primary N) is 1. The maximum Gasteiger partial charge on any atom is 0.201 e. The standard InChI is InChI=1S/C13H15N7O/c1-20-6-5-15-10(20)7-16-13-17-9-4-2-3-8(11(9)18-13)12(14)19-21/h2-6,21H,7H2,1H3,(H2,14,19)(H2,16,17,18). The van der Waals surface area contributed by atoms with Crippen molar-refractivity contribution in [3.8, 4) is 0 Å². The minimum absolute atomic E-state index is 0.0416. The first kappa shape index (κ1) is 13.0. The zero-order valence-electron chi connectivity index (χ0n) is 11.4. The molecule has 8 nitrogen and oxygen atoms in total. The molecular formula is C13H15N7O. The van der Waals surface area contributed by atoms with Crippen LogP contribution in [0.15, 0.2) is 35.7 Å². The van der Waals surface area contributed by atoms with Crippen molar-refractivity contribution in [3.05, 3.63) is 42.0 Å². The molecule has 3 aromatic rings. The monoisotopic (exact) mass is 285 g/mol. The molecule has 2 heterocycles. The van der Waals surface area contributed by atoms with Crippen molar-refractivity contribution < 1.29 is 5.21 Å². The zero-order valence-corrected chi connectivity index (χ0v) is 11.4. The van der Waals surface area contributed by atoms with Crippen molar-refractivity contribution in [2.75, 3.05) is 5.32 Å². The number of para-hydroxylation sites is 1. The lowest BCUT2D eigenvalue weighted by Gasteiger charge is -2.02. The summed E-state index contributed by atoms with van der Waals surface area (Å²) in [5, 5.41) is 15.0. The van der Waals surface area contributed by atoms with Crippen LogP contribution in [0.3, 0.4) is 0 Å². The summed E-state index contributed by atoms with van der Waals surface area (Å²) in [6.07, 6.45) is 3.62. The Labute approximate surface area is 120 Å². The van der Waals surface area contributed by atoms with Crippen LogP contribution in [-0.2, 0) is 13.6 Å². The number of oxime groups is 1. The van der Waals surface area contributed by atoms with Crippen LogP contribution in [0.5, 0.6) is 0 Å². The number of aromatic amines is 1. The van der Waals surface area contributed by atoms with Gasteiger partial charge in [-0.05, 0) is 12.1 Å². The molecule has 21 heavy (non-hydrogen) atoms. The summed E-state index contributed by atoms with van der Waals surface area (Å²) in [4.78, 5) is 11.8. The second-order valence-electron chi connectivity index (χ2n) is 4.58. The molecule has 0 spiro atoms. The molecule has 1 aromatic carbocycles. The van der Waals surface area contributed by atoms with E-state index in [9.17, 15) is 0 Å². The van der Waals surface area contributed by atoms with Gasteiger partial charge in [-0.1, -0.05) is 11.2 Å². The molecule has 0 saturated carbocycles. The van der Waals surface area contributed by atoms with E-state index in [1.807, 2.05) is 23.9 Å². The molecular weight excluding hydrogens is 270 g/mol. The fourth-order valence-electron chi connectivity index (χ4n) is 2.11. The highest BCUT2D eigenvalue weighted by Gasteiger charge is 2.10. The van der Waals surface area contributed by atoms with Crippen LogP contribution in [0.2, 0.25) is 0 Å². The second kappa shape index (κ2) is 5.16. The van der Waals surface area contributed by atoms with Crippen LogP contribution in [0.4, 0.5) is 5.95 Å². The normalized spacial score (nSPS) is 12.0. The van der Waals surface area contributed by atoms with Crippen molar-refractivity contribution in [1.82, 2.24) is 19.5 Å². The van der Waals surface area contributed by atoms with E-state index in [4.69, 9.17) is 10.9 Å². The molecule has 5 N–H and O–H groups in total. The minimum Gasteiger partial charge on any atom is -0.409 e. The van der Waals surface area contributed by atoms with Gasteiger partial charge in [-0.25, -0.2) is 9.97 Å². The summed E-state index contributed by atoms with van der Waals surface area (Å²) in [5.41, 5.74) is 7.72. The number of benzene rings is 1. The first-order valence-electron chi connectivity index (χ1n) is 6.35. The number of rotatable bonds is 4. The lowest BCUT2D eigenvalue weighted by atomic mass is 10.2. The third-order valence-electron chi connectivity index (χ3n) is 3.24. The van der Waals surface area contributed by atoms with E-state index in [1.165, 1.54) is 0 Å². The highest BCUT2D eigenvalue weighted by Crippen LogP contribution is 2.18. The van der Waals surface area contributed by atoms with E-state index in [-0.39, 0.29) is 5.84 Å². The number of hydrogen-bond acceptors (Lipinski definition) is 5. The number of hydrogen-bond donors (Lipinski definition) is 4. The Morgan fingerprint density at radius 1 is 1.52 bits per heavy atom. The molecule has 0 aliphatic rings. The van der Waals surface area contributed by atoms with E-state index < -0.39 is 0 Å². The Hall–Kier alpha value is -3.03. The van der Waals surface area contributed by atoms with Crippen LogP contribution in [0.1, 0.15) is 11.4 Å². The van der Waals surface area contributed by atoms with Crippen molar-refractivity contribution >= 4 is 22.8 Å². The number of H-pyrrole nitrogens is 1. The average molecular weight is 285 g/mol. The fraction of sp³-hybridized carbons (Fsp3) is 0.154. The summed E-state index contributed by atoms with van der Waals surface area (Å²) in [7, 11) is 1.93. The van der Waals surface area contributed by atoms with Gasteiger partial charge in [0.25, 0.3) is 0 Å². The molecule has 0 saturated heterocycles. The predicted molar refractivity (Wildman–Crippen MR) is 79.1 cm³/mol. The lowest BCUT2D eigenvalue weighted by molar-refractivity contribution is 0.318. The highest BCUT2D eigenvalue weighted by molar-refractivity contribution is 6.07. The quantitative estimate of drug-likeness (QED) is 0.247. The van der Waals surface area contributed by atoms with Gasteiger partial charge in [0.05, 0.1) is 17.6 Å². The molecule has 108 valence electrons. The Morgan fingerprint density at radius 2 is 2.38 bits per heavy atom. The van der Waals surface area contributed by atoms with Gasteiger partial charge in [-0.3, -0.25) is 0 Å². The number of aromatic nitrogens is 4. The largest absolute Gasteiger partial charge is 0.409 e. The van der Waals surface area contributed by atoms with Crippen LogP contribution < -0.4 is 11.1 Å². The third kappa shape index (κ3) is 2.38. The van der Waals surface area contributed by atoms with Gasteiger partial charge in [0.15, 0.2) is 5.84 Å². The van der Waals surface area contributed by atoms with Crippen LogP contribution in [-0.4, -0.2) is 30.6 Å². The maximum atomic E-state index is 8.82. The van der Waals surface area contributed by atoms with Crippen molar-refractivity contribution in [2.45, 2.75) is 6.54 Å². The van der Waals surface area contributed by atoms with Gasteiger partial charge in [0.1, 0.15) is 5.82 Å². The Balaban J connectivity index is 1.89. The predicted octanol–water partition coefficient (Wildman–Crippen LogP) is 1.00. The van der Waals surface area contributed by atoms with Gasteiger partial charge in [0, 0.05) is 25.0 Å². The number of aryl methyl sites for hydroxylation is 1. The molecule has 8 heteroatoms. The molecule has 0 aliphatic carbocycles. The Morgan fingerprint density at radius 3 is 3.10 bits per heavy atom. The van der Waals surface area contributed by atoms with Crippen molar-refractivity contribution in [3.63, 3.8) is 0 Å². The average Bonchev–Trinajstić information content (AvgIpc) is 3.09. The molecule has 0 bridgehead atoms. The molecule has 0 radical (unpaired) electrons. The SMILES string of the molecule is Cn1ccnc1CNc1nc2cccc(C(N)=NO)c2[nH]1. The topological polar surface area (TPSA) is 117 Å². The third-order valence-corrected chi connectivity index (χ3v) is 3.24. The van der Waals surface area contributed by atoms with E-state index in [0.717, 1.165) is 16.9 Å². The first-order chi connectivity index (χ1) is 10.2. The Kier molecular flexibility index (Phi) is 3.19. The van der Waals surface area contributed by atoms with Crippen molar-refractivity contribution in [1.29, 1.82) is 0 Å². The van der Waals surface area contributed by atoms with Crippen LogP contribution >= 0.6 is 0 Å². The summed E-state index contributed by atoms with van der Waals surface area (Å²) in [5.74, 6) is 1.54. The smallest absolute Gasteiger partial charge is 0.201 e. The molecule has 2 aromatic heterocycles. The van der Waals surface area contributed by atoms with E-state index in [2.05, 4.69) is 25.4 Å². The maximum absolute atomic E-state index is 8.82. The molecule has 3 rings (SSSR count). The number of anilines is 1. The van der Waals surface area contributed by atoms with Gasteiger partial charge < -0.3 is 25.8 Å². The first-order valence-corrected chi connectivity index (χ1v) is 6.35. The number of nitrogens with zero attached hydrogens (tertiary/aromatic N) is 4. The van der Waals surface area contributed by atoms with Gasteiger partial charge >= 0.3 is 0 Å². The van der Waals surface area contributed by atoms with E-state index >= 15 is 0 Å². The second-order valence-corrected chi connectivity index (χ2v) is 4.58. The minimum atomic E-state index is 0.0416. The summed E-state index contributed by atoms with van der Waals surface area (Å²) >= 11 is 0. The van der Waals surface area contributed by atoms with E-state index in [1.54, 1.807) is 18.3 Å². The molecule has 0 aliphatic heterocycles. The summed E-state index contributed by atoms with van der Waals surface area (Å²) in [6.45, 7) is 0.544. The number of nitrogens with one attached hydrogen (secondary N) is 2. The van der Waals surface area contributed by atoms with Crippen LogP contribution in [0, 0.1) is 0 Å². The zero-order chi connectivity index (χ0) is 14.8. The van der Waals surface area contributed by atoms with Gasteiger partial charge in [-0.2, -0.15) is 0 Å². The lowest BCUT2D eigenvalue weighted by Crippen LogP contribution is -2.13. The highest BCUT2D eigenvalue weighted by atomic mass is 16.4. The molecule has 0 amide bonds. The van der Waals surface area contributed by atoms with Crippen LogP contribution in [0.25, 0.3) is 11.0 Å². The van der Waals surface area contributed by atoms with Gasteiger partial charge in [0.2, 0.25) is 5.95 Å². The molecule has 0 unspecified atom stereocenters. The Bertz CT molecular complexity index is 802. The number of amidine groups is 1.